The zero-order chi connectivity index (χ0) is 21.9. The smallest absolute Gasteiger partial charge is 0.220 e. The Labute approximate surface area is 185 Å². The third-order valence-electron chi connectivity index (χ3n) is 5.65. The van der Waals surface area contributed by atoms with E-state index in [0.29, 0.717) is 13.0 Å². The highest BCUT2D eigenvalue weighted by molar-refractivity contribution is 5.75. The number of amides is 1. The molecule has 4 heteroatoms. The molecular weight excluding hydrogens is 374 g/mol. The minimum absolute atomic E-state index is 0.160. The third-order valence-corrected chi connectivity index (χ3v) is 5.65. The first kappa shape index (κ1) is 26.3. The van der Waals surface area contributed by atoms with Gasteiger partial charge in [-0.05, 0) is 30.5 Å². The predicted octanol–water partition coefficient (Wildman–Crippen LogP) is 6.84. The van der Waals surface area contributed by atoms with Crippen LogP contribution in [0.2, 0.25) is 0 Å². The lowest BCUT2D eigenvalue weighted by Crippen LogP contribution is -2.25. The molecule has 0 bridgehead atoms. The highest BCUT2D eigenvalue weighted by Crippen LogP contribution is 2.22. The van der Waals surface area contributed by atoms with Gasteiger partial charge in [-0.25, -0.2) is 0 Å². The summed E-state index contributed by atoms with van der Waals surface area (Å²) in [5, 5.41) is 3.03. The molecule has 1 aromatic rings. The summed E-state index contributed by atoms with van der Waals surface area (Å²) in [7, 11) is 3.30. The second kappa shape index (κ2) is 18.1. The van der Waals surface area contributed by atoms with Crippen molar-refractivity contribution in [3.8, 4) is 11.5 Å². The molecule has 0 aliphatic carbocycles. The van der Waals surface area contributed by atoms with Gasteiger partial charge in [-0.15, -0.1) is 0 Å². The molecule has 0 heterocycles. The molecule has 0 radical (unpaired) electrons. The molecule has 1 aromatic carbocycles. The number of carbonyl (C=O) groups excluding carboxylic acids is 1. The fourth-order valence-corrected chi connectivity index (χ4v) is 3.75. The monoisotopic (exact) mass is 419 g/mol. The zero-order valence-electron chi connectivity index (χ0n) is 19.8. The highest BCUT2D eigenvalue weighted by atomic mass is 16.5. The number of rotatable bonds is 19. The predicted molar refractivity (Wildman–Crippen MR) is 127 cm³/mol. The van der Waals surface area contributed by atoms with Crippen molar-refractivity contribution in [1.82, 2.24) is 5.32 Å². The van der Waals surface area contributed by atoms with Gasteiger partial charge in [-0.2, -0.15) is 0 Å². The fourth-order valence-electron chi connectivity index (χ4n) is 3.75. The molecule has 0 aliphatic rings. The van der Waals surface area contributed by atoms with Crippen LogP contribution in [-0.4, -0.2) is 26.7 Å². The lowest BCUT2D eigenvalue weighted by Gasteiger charge is -2.09. The number of nitrogens with one attached hydrogen (secondary N) is 1. The van der Waals surface area contributed by atoms with Crippen LogP contribution in [0.1, 0.15) is 102 Å². The van der Waals surface area contributed by atoms with Gasteiger partial charge in [0.05, 0.1) is 14.2 Å². The number of carbonyl (C=O) groups is 1. The van der Waals surface area contributed by atoms with Crippen molar-refractivity contribution in [1.29, 1.82) is 0 Å². The van der Waals surface area contributed by atoms with Crippen LogP contribution in [0.3, 0.4) is 0 Å². The Morgan fingerprint density at radius 1 is 0.733 bits per heavy atom. The normalized spacial score (nSPS) is 10.8. The number of ether oxygens (including phenoxy) is 2. The maximum Gasteiger partial charge on any atom is 0.220 e. The van der Waals surface area contributed by atoms with Crippen LogP contribution in [0, 0.1) is 0 Å². The average Bonchev–Trinajstić information content (AvgIpc) is 2.76. The Kier molecular flexibility index (Phi) is 15.9. The highest BCUT2D eigenvalue weighted by Gasteiger charge is 2.04. The van der Waals surface area contributed by atoms with Gasteiger partial charge < -0.3 is 14.8 Å². The van der Waals surface area contributed by atoms with Crippen molar-refractivity contribution in [2.24, 2.45) is 0 Å². The van der Waals surface area contributed by atoms with Gasteiger partial charge in [-0.1, -0.05) is 84.0 Å². The second-order valence-electron chi connectivity index (χ2n) is 8.31. The van der Waals surface area contributed by atoms with Crippen LogP contribution in [0.4, 0.5) is 0 Å². The molecule has 0 aliphatic heterocycles. The van der Waals surface area contributed by atoms with Crippen LogP contribution >= 0.6 is 0 Å². The second-order valence-corrected chi connectivity index (χ2v) is 8.31. The number of methoxy groups -OCH3 is 2. The molecule has 0 saturated carbocycles. The van der Waals surface area contributed by atoms with Gasteiger partial charge in [0.25, 0.3) is 0 Å². The van der Waals surface area contributed by atoms with E-state index in [1.807, 2.05) is 18.2 Å². The van der Waals surface area contributed by atoms with E-state index >= 15 is 0 Å². The largest absolute Gasteiger partial charge is 0.497 e. The number of hydrogen-bond acceptors (Lipinski definition) is 3. The van der Waals surface area contributed by atoms with E-state index < -0.39 is 0 Å². The Morgan fingerprint density at radius 2 is 1.20 bits per heavy atom. The summed E-state index contributed by atoms with van der Waals surface area (Å²) in [6, 6.07) is 5.83. The summed E-state index contributed by atoms with van der Waals surface area (Å²) in [6.07, 6.45) is 18.7. The van der Waals surface area contributed by atoms with Gasteiger partial charge in [-0.3, -0.25) is 4.79 Å². The average molecular weight is 420 g/mol. The van der Waals surface area contributed by atoms with Crippen molar-refractivity contribution in [2.75, 3.05) is 20.8 Å². The van der Waals surface area contributed by atoms with Gasteiger partial charge >= 0.3 is 0 Å². The SMILES string of the molecule is CCCCCCCCCCCCCCCC(=O)NCCc1cc(OC)cc(OC)c1. The van der Waals surface area contributed by atoms with E-state index in [4.69, 9.17) is 9.47 Å². The van der Waals surface area contributed by atoms with Crippen LogP contribution in [0.25, 0.3) is 0 Å². The van der Waals surface area contributed by atoms with E-state index in [0.717, 1.165) is 36.3 Å². The third kappa shape index (κ3) is 13.5. The summed E-state index contributed by atoms with van der Waals surface area (Å²) < 4.78 is 10.6. The van der Waals surface area contributed by atoms with Crippen LogP contribution < -0.4 is 14.8 Å². The molecule has 0 fully saturated rings. The van der Waals surface area contributed by atoms with Crippen molar-refractivity contribution in [3.63, 3.8) is 0 Å². The van der Waals surface area contributed by atoms with E-state index in [1.165, 1.54) is 70.6 Å². The maximum absolute atomic E-state index is 12.0. The Hall–Kier alpha value is -1.71. The van der Waals surface area contributed by atoms with Gasteiger partial charge in [0.1, 0.15) is 11.5 Å². The molecule has 1 N–H and O–H groups in total. The van der Waals surface area contributed by atoms with Crippen LogP contribution in [-0.2, 0) is 11.2 Å². The van der Waals surface area contributed by atoms with Crippen LogP contribution in [0.5, 0.6) is 11.5 Å². The summed E-state index contributed by atoms with van der Waals surface area (Å²) in [4.78, 5) is 12.0. The molecule has 0 aromatic heterocycles. The van der Waals surface area contributed by atoms with E-state index in [1.54, 1.807) is 14.2 Å². The molecule has 0 spiro atoms. The molecule has 0 unspecified atom stereocenters. The van der Waals surface area contributed by atoms with Gasteiger partial charge in [0.15, 0.2) is 0 Å². The molecule has 1 amide bonds. The Balaban J connectivity index is 1.95. The molecule has 0 saturated heterocycles. The van der Waals surface area contributed by atoms with Crippen molar-refractivity contribution in [2.45, 2.75) is 103 Å². The molecular formula is C26H45NO3. The quantitative estimate of drug-likeness (QED) is 0.250. The Bertz CT molecular complexity index is 537. The summed E-state index contributed by atoms with van der Waals surface area (Å²) in [5.74, 6) is 1.72. The first-order chi connectivity index (χ1) is 14.7. The van der Waals surface area contributed by atoms with Crippen molar-refractivity contribution in [3.05, 3.63) is 23.8 Å². The van der Waals surface area contributed by atoms with Gasteiger partial charge in [0, 0.05) is 19.0 Å². The summed E-state index contributed by atoms with van der Waals surface area (Å²) in [5.41, 5.74) is 1.10. The van der Waals surface area contributed by atoms with Crippen molar-refractivity contribution < 1.29 is 14.3 Å². The summed E-state index contributed by atoms with van der Waals surface area (Å²) >= 11 is 0. The first-order valence-electron chi connectivity index (χ1n) is 12.2. The zero-order valence-corrected chi connectivity index (χ0v) is 19.8. The molecule has 30 heavy (non-hydrogen) atoms. The Morgan fingerprint density at radius 3 is 1.67 bits per heavy atom. The molecule has 1 rings (SSSR count). The minimum Gasteiger partial charge on any atom is -0.497 e. The van der Waals surface area contributed by atoms with E-state index in [2.05, 4.69) is 12.2 Å². The van der Waals surface area contributed by atoms with Gasteiger partial charge in [0.2, 0.25) is 5.91 Å². The number of unbranched alkanes of at least 4 members (excludes halogenated alkanes) is 12. The number of benzene rings is 1. The minimum atomic E-state index is 0.160. The first-order valence-corrected chi connectivity index (χ1v) is 12.2. The lowest BCUT2D eigenvalue weighted by molar-refractivity contribution is -0.121. The van der Waals surface area contributed by atoms with Crippen molar-refractivity contribution >= 4 is 5.91 Å². The van der Waals surface area contributed by atoms with Crippen LogP contribution in [0.15, 0.2) is 18.2 Å². The number of hydrogen-bond donors (Lipinski definition) is 1. The molecule has 0 atom stereocenters. The topological polar surface area (TPSA) is 47.6 Å². The maximum atomic E-state index is 12.0. The van der Waals surface area contributed by atoms with E-state index in [-0.39, 0.29) is 5.91 Å². The lowest BCUT2D eigenvalue weighted by atomic mass is 10.0. The molecule has 4 nitrogen and oxygen atoms in total. The fraction of sp³-hybridized carbons (Fsp3) is 0.731. The standard InChI is InChI=1S/C26H45NO3/c1-4-5-6-7-8-9-10-11-12-13-14-15-16-17-26(28)27-19-18-23-20-24(29-2)22-25(21-23)30-3/h20-22H,4-19H2,1-3H3,(H,27,28). The van der Waals surface area contributed by atoms with E-state index in [9.17, 15) is 4.79 Å². The molecule has 172 valence electrons. The summed E-state index contributed by atoms with van der Waals surface area (Å²) in [6.45, 7) is 2.92.